The van der Waals surface area contributed by atoms with E-state index in [0.29, 0.717) is 16.6 Å². The molecule has 2 aromatic rings. The Morgan fingerprint density at radius 2 is 2.04 bits per heavy atom. The van der Waals surface area contributed by atoms with Crippen LogP contribution in [0.2, 0.25) is 0 Å². The number of nitrogens with zero attached hydrogens (tertiary/aromatic N) is 4. The third-order valence-corrected chi connectivity index (χ3v) is 5.72. The van der Waals surface area contributed by atoms with Crippen LogP contribution in [0.25, 0.3) is 10.9 Å². The van der Waals surface area contributed by atoms with Gasteiger partial charge in [0.1, 0.15) is 5.75 Å². The summed E-state index contributed by atoms with van der Waals surface area (Å²) in [5.41, 5.74) is 1.36. The quantitative estimate of drug-likeness (QED) is 0.596. The van der Waals surface area contributed by atoms with Crippen molar-refractivity contribution in [3.63, 3.8) is 0 Å². The van der Waals surface area contributed by atoms with Gasteiger partial charge in [0.2, 0.25) is 5.88 Å². The number of hydrogen-bond donors (Lipinski definition) is 1. The van der Waals surface area contributed by atoms with Crippen molar-refractivity contribution >= 4 is 44.9 Å². The SMILES string of the molecule is COc1ccc2c(c1)c(N=NC(=S)SC)c(O)n2CCN1CCCCC1. The van der Waals surface area contributed by atoms with Gasteiger partial charge in [-0.2, -0.15) is 0 Å². The summed E-state index contributed by atoms with van der Waals surface area (Å²) in [4.78, 5) is 2.45. The van der Waals surface area contributed by atoms with E-state index in [0.717, 1.165) is 36.3 Å². The number of aromatic hydroxyl groups is 1. The molecule has 0 bridgehead atoms. The van der Waals surface area contributed by atoms with Crippen LogP contribution in [0.3, 0.4) is 0 Å². The lowest BCUT2D eigenvalue weighted by Crippen LogP contribution is -2.32. The number of likely N-dealkylation sites (tertiary alicyclic amines) is 1. The number of benzene rings is 1. The fraction of sp³-hybridized carbons (Fsp3) is 0.500. The van der Waals surface area contributed by atoms with Crippen LogP contribution in [0.4, 0.5) is 5.69 Å². The summed E-state index contributed by atoms with van der Waals surface area (Å²) >= 11 is 6.45. The van der Waals surface area contributed by atoms with Gasteiger partial charge in [-0.1, -0.05) is 18.2 Å². The summed E-state index contributed by atoms with van der Waals surface area (Å²) < 4.78 is 7.66. The van der Waals surface area contributed by atoms with Crippen molar-refractivity contribution < 1.29 is 9.84 Å². The third kappa shape index (κ3) is 4.19. The standard InChI is InChI=1S/C18H24N4O2S2/c1-24-13-6-7-15-14(12-13)16(19-20-18(25)26-2)17(23)22(15)11-10-21-8-4-3-5-9-21/h6-7,12,23H,3-5,8-11H2,1-2H3. The Labute approximate surface area is 163 Å². The lowest BCUT2D eigenvalue weighted by Gasteiger charge is -2.26. The van der Waals surface area contributed by atoms with E-state index in [1.807, 2.05) is 29.0 Å². The van der Waals surface area contributed by atoms with E-state index in [4.69, 9.17) is 17.0 Å². The molecule has 1 aliphatic heterocycles. The Bertz CT molecular complexity index is 813. The molecule has 0 atom stereocenters. The van der Waals surface area contributed by atoms with Crippen LogP contribution >= 0.6 is 24.0 Å². The molecule has 3 rings (SSSR count). The van der Waals surface area contributed by atoms with E-state index in [9.17, 15) is 5.11 Å². The van der Waals surface area contributed by atoms with Crippen LogP contribution in [0, 0.1) is 0 Å². The Kier molecular flexibility index (Phi) is 6.50. The molecule has 1 aromatic heterocycles. The second kappa shape index (κ2) is 8.83. The highest BCUT2D eigenvalue weighted by molar-refractivity contribution is 8.22. The van der Waals surface area contributed by atoms with Gasteiger partial charge in [-0.15, -0.1) is 10.2 Å². The van der Waals surface area contributed by atoms with Crippen LogP contribution in [0.1, 0.15) is 19.3 Å². The van der Waals surface area contributed by atoms with Crippen LogP contribution in [-0.4, -0.2) is 51.9 Å². The number of aromatic nitrogens is 1. The molecule has 6 nitrogen and oxygen atoms in total. The first-order valence-electron chi connectivity index (χ1n) is 8.75. The van der Waals surface area contributed by atoms with E-state index >= 15 is 0 Å². The lowest BCUT2D eigenvalue weighted by molar-refractivity contribution is 0.219. The maximum atomic E-state index is 10.8. The fourth-order valence-electron chi connectivity index (χ4n) is 3.31. The van der Waals surface area contributed by atoms with Gasteiger partial charge in [0, 0.05) is 18.5 Å². The molecule has 0 spiro atoms. The minimum atomic E-state index is 0.123. The summed E-state index contributed by atoms with van der Waals surface area (Å²) in [5, 5.41) is 19.9. The van der Waals surface area contributed by atoms with Crippen molar-refractivity contribution in [2.75, 3.05) is 33.0 Å². The minimum absolute atomic E-state index is 0.123. The Morgan fingerprint density at radius 3 is 2.73 bits per heavy atom. The van der Waals surface area contributed by atoms with Gasteiger partial charge in [0.05, 0.1) is 12.6 Å². The van der Waals surface area contributed by atoms with E-state index < -0.39 is 0 Å². The van der Waals surface area contributed by atoms with Gasteiger partial charge in [-0.25, -0.2) is 0 Å². The first-order chi connectivity index (χ1) is 12.6. The first-order valence-corrected chi connectivity index (χ1v) is 10.4. The number of hydrogen-bond acceptors (Lipinski definition) is 6. The van der Waals surface area contributed by atoms with Crippen molar-refractivity contribution in [1.82, 2.24) is 9.47 Å². The molecule has 2 heterocycles. The first kappa shape index (κ1) is 19.1. The second-order valence-electron chi connectivity index (χ2n) is 6.28. The lowest BCUT2D eigenvalue weighted by atomic mass is 10.1. The molecule has 0 unspecified atom stereocenters. The number of methoxy groups -OCH3 is 1. The average molecular weight is 393 g/mol. The van der Waals surface area contributed by atoms with Gasteiger partial charge in [0.25, 0.3) is 0 Å². The maximum absolute atomic E-state index is 10.8. The molecule has 0 radical (unpaired) electrons. The van der Waals surface area contributed by atoms with E-state index in [1.165, 1.54) is 31.0 Å². The number of thiocarbonyl (C=S) groups is 1. The topological polar surface area (TPSA) is 62.4 Å². The van der Waals surface area contributed by atoms with Gasteiger partial charge in [-0.3, -0.25) is 0 Å². The zero-order valence-corrected chi connectivity index (χ0v) is 16.8. The predicted molar refractivity (Wildman–Crippen MR) is 111 cm³/mol. The molecule has 1 saturated heterocycles. The number of azo groups is 1. The molecule has 0 saturated carbocycles. The van der Waals surface area contributed by atoms with Crippen molar-refractivity contribution in [3.05, 3.63) is 18.2 Å². The molecule has 1 fully saturated rings. The van der Waals surface area contributed by atoms with Crippen molar-refractivity contribution in [3.8, 4) is 11.6 Å². The molecule has 1 aliphatic rings. The molecular formula is C18H24N4O2S2. The average Bonchev–Trinajstić information content (AvgIpc) is 2.95. The smallest absolute Gasteiger partial charge is 0.220 e. The normalized spacial score (nSPS) is 15.8. The summed E-state index contributed by atoms with van der Waals surface area (Å²) in [5.74, 6) is 0.840. The van der Waals surface area contributed by atoms with Crippen molar-refractivity contribution in [1.29, 1.82) is 0 Å². The molecule has 0 amide bonds. The van der Waals surface area contributed by atoms with Gasteiger partial charge < -0.3 is 19.3 Å². The Balaban J connectivity index is 1.94. The molecule has 1 aromatic carbocycles. The summed E-state index contributed by atoms with van der Waals surface area (Å²) in [6.45, 7) is 3.87. The van der Waals surface area contributed by atoms with Crippen LogP contribution < -0.4 is 4.74 Å². The fourth-order valence-corrected chi connectivity index (χ4v) is 3.47. The highest BCUT2D eigenvalue weighted by Crippen LogP contribution is 2.40. The van der Waals surface area contributed by atoms with E-state index in [2.05, 4.69) is 15.1 Å². The zero-order chi connectivity index (χ0) is 18.5. The summed E-state index contributed by atoms with van der Waals surface area (Å²) in [7, 11) is 1.62. The molecule has 8 heteroatoms. The van der Waals surface area contributed by atoms with Crippen molar-refractivity contribution in [2.45, 2.75) is 25.8 Å². The van der Waals surface area contributed by atoms with Crippen LogP contribution in [0.5, 0.6) is 11.6 Å². The van der Waals surface area contributed by atoms with Gasteiger partial charge >= 0.3 is 0 Å². The highest BCUT2D eigenvalue weighted by atomic mass is 32.2. The van der Waals surface area contributed by atoms with Crippen LogP contribution in [0.15, 0.2) is 28.4 Å². The zero-order valence-electron chi connectivity index (χ0n) is 15.1. The summed E-state index contributed by atoms with van der Waals surface area (Å²) in [6, 6.07) is 5.73. The molecule has 26 heavy (non-hydrogen) atoms. The van der Waals surface area contributed by atoms with Crippen molar-refractivity contribution in [2.24, 2.45) is 10.2 Å². The Morgan fingerprint density at radius 1 is 1.27 bits per heavy atom. The highest BCUT2D eigenvalue weighted by Gasteiger charge is 2.19. The number of piperidine rings is 1. The number of fused-ring (bicyclic) bond motifs is 1. The van der Waals surface area contributed by atoms with Gasteiger partial charge in [-0.05, 0) is 62.6 Å². The third-order valence-electron chi connectivity index (χ3n) is 4.71. The van der Waals surface area contributed by atoms with Gasteiger partial charge in [0.15, 0.2) is 10.0 Å². The number of rotatable bonds is 5. The van der Waals surface area contributed by atoms with E-state index in [-0.39, 0.29) is 5.88 Å². The maximum Gasteiger partial charge on any atom is 0.220 e. The largest absolute Gasteiger partial charge is 0.497 e. The van der Waals surface area contributed by atoms with E-state index in [1.54, 1.807) is 7.11 Å². The molecule has 0 aliphatic carbocycles. The second-order valence-corrected chi connectivity index (χ2v) is 7.72. The number of thioether (sulfide) groups is 1. The monoisotopic (exact) mass is 392 g/mol. The predicted octanol–water partition coefficient (Wildman–Crippen LogP) is 4.57. The molecular weight excluding hydrogens is 368 g/mol. The summed E-state index contributed by atoms with van der Waals surface area (Å²) in [6.07, 6.45) is 5.67. The molecule has 140 valence electrons. The van der Waals surface area contributed by atoms with Crippen LogP contribution in [-0.2, 0) is 6.54 Å². The Hall–Kier alpha value is -1.64. The molecule has 1 N–H and O–H groups in total. The number of ether oxygens (including phenoxy) is 1. The minimum Gasteiger partial charge on any atom is -0.497 e.